The predicted octanol–water partition coefficient (Wildman–Crippen LogP) is 6.63. The van der Waals surface area contributed by atoms with Crippen LogP contribution in [-0.4, -0.2) is 103 Å². The van der Waals surface area contributed by atoms with Crippen LogP contribution in [0, 0.1) is 64.6 Å². The number of nitrogens with one attached hydrogen (secondary N) is 2. The van der Waals surface area contributed by atoms with E-state index < -0.39 is 18.1 Å². The van der Waals surface area contributed by atoms with E-state index in [2.05, 4.69) is 64.2 Å². The Labute approximate surface area is 339 Å². The van der Waals surface area contributed by atoms with Crippen molar-refractivity contribution >= 4 is 17.6 Å². The highest BCUT2D eigenvalue weighted by atomic mass is 16.7. The number of hydrogen-bond donors (Lipinski definition) is 3. The summed E-state index contributed by atoms with van der Waals surface area (Å²) in [5.41, 5.74) is 0.305. The number of ketones is 1. The molecule has 7 rings (SSSR count). The van der Waals surface area contributed by atoms with Crippen molar-refractivity contribution < 1.29 is 29.1 Å². The lowest BCUT2D eigenvalue weighted by atomic mass is 9.45. The number of amides is 2. The van der Waals surface area contributed by atoms with Crippen LogP contribution in [-0.2, 0) is 24.0 Å². The Morgan fingerprint density at radius 1 is 0.964 bits per heavy atom. The SMILES string of the molecule is COC1C(CN2O[C@@H](CO)[C@@H](C(C)=O)[C@H]2C(=O)N[C@H]2C[C@H]3C[C@@H]([C@@H]2C)C3(C)C)CCCC1C1CC(C(=O)N[C@H](CC(C)C)CC2CCCCC2)CC(N(C)C)C1. The fraction of sp³-hybridized carbons (Fsp3) is 0.935. The quantitative estimate of drug-likeness (QED) is 0.169. The summed E-state index contributed by atoms with van der Waals surface area (Å²) >= 11 is 0. The molecule has 2 amide bonds. The smallest absolute Gasteiger partial charge is 0.240 e. The van der Waals surface area contributed by atoms with E-state index in [0.29, 0.717) is 47.6 Å². The third kappa shape index (κ3) is 9.55. The number of Topliss-reactive ketones (excluding diaryl/α,β-unsaturated/α-hetero) is 1. The molecule has 0 aromatic heterocycles. The first-order chi connectivity index (χ1) is 26.6. The van der Waals surface area contributed by atoms with Gasteiger partial charge >= 0.3 is 0 Å². The van der Waals surface area contributed by atoms with Gasteiger partial charge in [-0.05, 0) is 126 Å². The summed E-state index contributed by atoms with van der Waals surface area (Å²) in [5.74, 6) is 2.67. The van der Waals surface area contributed by atoms with E-state index in [-0.39, 0.29) is 60.1 Å². The zero-order chi connectivity index (χ0) is 40.5. The standard InChI is InChI=1S/C46H80N4O6/c1-27(2)18-35(19-30-14-11-10-12-15-30)47-44(53)33-20-32(21-36(22-33)49(7)8)37-17-13-16-31(43(37)55-9)25-50-42(41(29(4)52)40(26-51)56-50)45(54)48-39-24-34-23-38(28(39)3)46(34,5)6/h27-28,30-43,51H,10-26H2,1-9H3,(H,47,53)(H,48,54)/t28-,31?,32?,33?,34+,35+,36?,37?,38-,39-,40-,41+,42-,43?/m0/s1. The molecule has 7 aliphatic rings. The summed E-state index contributed by atoms with van der Waals surface area (Å²) in [6.07, 6.45) is 15.9. The van der Waals surface area contributed by atoms with Gasteiger partial charge in [0.05, 0.1) is 18.6 Å². The average molecular weight is 785 g/mol. The van der Waals surface area contributed by atoms with Crippen molar-refractivity contribution in [3.63, 3.8) is 0 Å². The molecule has 6 unspecified atom stereocenters. The highest BCUT2D eigenvalue weighted by Gasteiger charge is 2.58. The number of hydrogen-bond acceptors (Lipinski definition) is 8. The molecule has 10 nitrogen and oxygen atoms in total. The minimum Gasteiger partial charge on any atom is -0.394 e. The molecule has 1 saturated heterocycles. The van der Waals surface area contributed by atoms with E-state index >= 15 is 0 Å². The Bertz CT molecular complexity index is 1330. The number of aliphatic hydroxyl groups excluding tert-OH is 1. The van der Waals surface area contributed by atoms with E-state index in [1.54, 1.807) is 5.06 Å². The molecule has 0 spiro atoms. The number of rotatable bonds is 15. The van der Waals surface area contributed by atoms with Crippen LogP contribution in [0.15, 0.2) is 0 Å². The molecule has 10 heteroatoms. The molecule has 14 atom stereocenters. The Morgan fingerprint density at radius 2 is 1.70 bits per heavy atom. The molecule has 1 heterocycles. The van der Waals surface area contributed by atoms with Crippen LogP contribution in [0.2, 0.25) is 0 Å². The van der Waals surface area contributed by atoms with Crippen LogP contribution >= 0.6 is 0 Å². The Balaban J connectivity index is 1.16. The number of methoxy groups -OCH3 is 1. The van der Waals surface area contributed by atoms with Gasteiger partial charge in [0.2, 0.25) is 11.8 Å². The number of carbonyl (C=O) groups excluding carboxylic acids is 3. The normalized spacial score (nSPS) is 39.6. The fourth-order valence-corrected chi connectivity index (χ4v) is 13.2. The van der Waals surface area contributed by atoms with Gasteiger partial charge in [-0.15, -0.1) is 0 Å². The van der Waals surface area contributed by atoms with Crippen LogP contribution in [0.4, 0.5) is 0 Å². The Morgan fingerprint density at radius 3 is 2.30 bits per heavy atom. The van der Waals surface area contributed by atoms with E-state index in [0.717, 1.165) is 63.7 Å². The summed E-state index contributed by atoms with van der Waals surface area (Å²) in [7, 11) is 6.12. The second-order valence-electron chi connectivity index (χ2n) is 21.0. The Hall–Kier alpha value is -1.59. The van der Waals surface area contributed by atoms with Crippen LogP contribution in [0.5, 0.6) is 0 Å². The van der Waals surface area contributed by atoms with Crippen molar-refractivity contribution in [1.29, 1.82) is 0 Å². The van der Waals surface area contributed by atoms with Gasteiger partial charge < -0.3 is 25.4 Å². The lowest BCUT2D eigenvalue weighted by Crippen LogP contribution is -2.62. The summed E-state index contributed by atoms with van der Waals surface area (Å²) in [4.78, 5) is 50.5. The second kappa shape index (κ2) is 18.8. The molecule has 6 aliphatic carbocycles. The number of aliphatic hydroxyl groups is 1. The van der Waals surface area contributed by atoms with Gasteiger partial charge in [0.1, 0.15) is 17.9 Å². The van der Waals surface area contributed by atoms with Crippen molar-refractivity contribution in [1.82, 2.24) is 20.6 Å². The molecule has 3 N–H and O–H groups in total. The molecule has 56 heavy (non-hydrogen) atoms. The highest BCUT2D eigenvalue weighted by molar-refractivity contribution is 5.91. The van der Waals surface area contributed by atoms with E-state index in [9.17, 15) is 19.5 Å². The van der Waals surface area contributed by atoms with Gasteiger partial charge in [-0.25, -0.2) is 0 Å². The molecule has 0 radical (unpaired) electrons. The maximum atomic E-state index is 14.3. The minimum absolute atomic E-state index is 0.0320. The Kier molecular flexibility index (Phi) is 14.7. The number of carbonyl (C=O) groups is 3. The lowest BCUT2D eigenvalue weighted by molar-refractivity contribution is -0.193. The topological polar surface area (TPSA) is 120 Å². The predicted molar refractivity (Wildman–Crippen MR) is 220 cm³/mol. The largest absolute Gasteiger partial charge is 0.394 e. The zero-order valence-electron chi connectivity index (χ0n) is 36.6. The maximum absolute atomic E-state index is 14.3. The van der Waals surface area contributed by atoms with Crippen LogP contribution in [0.1, 0.15) is 138 Å². The lowest BCUT2D eigenvalue weighted by Gasteiger charge is -2.62. The third-order valence-corrected chi connectivity index (χ3v) is 16.5. The van der Waals surface area contributed by atoms with Crippen molar-refractivity contribution in [2.75, 3.05) is 34.4 Å². The highest BCUT2D eigenvalue weighted by Crippen LogP contribution is 2.61. The summed E-state index contributed by atoms with van der Waals surface area (Å²) in [6, 6.07) is -0.170. The number of hydroxylamine groups is 2. The van der Waals surface area contributed by atoms with Crippen LogP contribution in [0.25, 0.3) is 0 Å². The van der Waals surface area contributed by atoms with E-state index in [4.69, 9.17) is 9.57 Å². The molecule has 2 bridgehead atoms. The van der Waals surface area contributed by atoms with Gasteiger partial charge in [0.15, 0.2) is 0 Å². The van der Waals surface area contributed by atoms with Gasteiger partial charge in [-0.3, -0.25) is 19.2 Å². The molecular weight excluding hydrogens is 705 g/mol. The van der Waals surface area contributed by atoms with E-state index in [1.807, 2.05) is 7.11 Å². The first-order valence-corrected chi connectivity index (χ1v) is 23.0. The minimum atomic E-state index is -0.797. The maximum Gasteiger partial charge on any atom is 0.240 e. The summed E-state index contributed by atoms with van der Waals surface area (Å²) < 4.78 is 6.45. The molecule has 6 saturated carbocycles. The molecule has 0 aromatic rings. The summed E-state index contributed by atoms with van der Waals surface area (Å²) in [6.45, 7) is 13.2. The van der Waals surface area contributed by atoms with Gasteiger partial charge in [-0.2, -0.15) is 5.06 Å². The third-order valence-electron chi connectivity index (χ3n) is 16.5. The van der Waals surface area contributed by atoms with Gasteiger partial charge in [0, 0.05) is 43.6 Å². The van der Waals surface area contributed by atoms with Crippen molar-refractivity contribution in [2.24, 2.45) is 64.6 Å². The average Bonchev–Trinajstić information content (AvgIpc) is 3.53. The van der Waals surface area contributed by atoms with E-state index in [1.165, 1.54) is 45.4 Å². The number of nitrogens with zero attached hydrogens (tertiary/aromatic N) is 2. The van der Waals surface area contributed by atoms with Crippen molar-refractivity contribution in [3.8, 4) is 0 Å². The van der Waals surface area contributed by atoms with Crippen molar-refractivity contribution in [2.45, 2.75) is 174 Å². The van der Waals surface area contributed by atoms with Crippen molar-refractivity contribution in [3.05, 3.63) is 0 Å². The molecule has 320 valence electrons. The second-order valence-corrected chi connectivity index (χ2v) is 21.0. The summed E-state index contributed by atoms with van der Waals surface area (Å²) in [5, 5.41) is 19.2. The first-order valence-electron chi connectivity index (χ1n) is 23.0. The van der Waals surface area contributed by atoms with Gasteiger partial charge in [0.25, 0.3) is 0 Å². The van der Waals surface area contributed by atoms with Gasteiger partial charge in [-0.1, -0.05) is 73.1 Å². The number of fused-ring (bicyclic) bond motifs is 2. The van der Waals surface area contributed by atoms with Crippen LogP contribution in [0.3, 0.4) is 0 Å². The molecular formula is C46H80N4O6. The monoisotopic (exact) mass is 785 g/mol. The first kappa shape index (κ1) is 44.0. The van der Waals surface area contributed by atoms with Crippen LogP contribution < -0.4 is 10.6 Å². The number of ether oxygens (including phenoxy) is 1. The molecule has 0 aromatic carbocycles. The fourth-order valence-electron chi connectivity index (χ4n) is 13.2. The molecule has 1 aliphatic heterocycles. The zero-order valence-corrected chi connectivity index (χ0v) is 36.6. The molecule has 7 fully saturated rings.